The molecule has 92 valence electrons. The minimum Gasteiger partial charge on any atom is -0.477 e. The second-order valence-corrected chi connectivity index (χ2v) is 4.58. The van der Waals surface area contributed by atoms with Crippen LogP contribution in [0.2, 0.25) is 0 Å². The molecule has 3 N–H and O–H groups in total. The van der Waals surface area contributed by atoms with Gasteiger partial charge in [-0.05, 0) is 30.5 Å². The summed E-state index contributed by atoms with van der Waals surface area (Å²) in [4.78, 5) is 10.8. The van der Waals surface area contributed by atoms with Crippen LogP contribution in [0.25, 0.3) is 11.3 Å². The molecule has 1 aliphatic rings. The fraction of sp³-hybridized carbons (Fsp3) is 0.231. The van der Waals surface area contributed by atoms with E-state index in [0.29, 0.717) is 5.69 Å². The van der Waals surface area contributed by atoms with Crippen LogP contribution in [0.5, 0.6) is 0 Å². The largest absolute Gasteiger partial charge is 0.477 e. The number of nitrogens with zero attached hydrogens (tertiary/aromatic N) is 1. The zero-order valence-electron chi connectivity index (χ0n) is 9.55. The molecule has 1 fully saturated rings. The molecule has 0 radical (unpaired) electrons. The van der Waals surface area contributed by atoms with Crippen LogP contribution in [0.1, 0.15) is 28.9 Å². The molecule has 0 aliphatic heterocycles. The summed E-state index contributed by atoms with van der Waals surface area (Å²) in [5.74, 6) is -1.04. The van der Waals surface area contributed by atoms with E-state index < -0.39 is 11.6 Å². The maximum Gasteiger partial charge on any atom is 0.353 e. The van der Waals surface area contributed by atoms with Gasteiger partial charge in [-0.15, -0.1) is 0 Å². The average Bonchev–Trinajstić information content (AvgIpc) is 2.95. The third-order valence-electron chi connectivity index (χ3n) is 3.23. The van der Waals surface area contributed by atoms with Crippen LogP contribution in [0.3, 0.4) is 0 Å². The van der Waals surface area contributed by atoms with Crippen molar-refractivity contribution in [3.05, 3.63) is 41.6 Å². The molecular weight excluding hydrogens is 232 g/mol. The number of rotatable bonds is 3. The van der Waals surface area contributed by atoms with E-state index in [1.54, 1.807) is 0 Å². The van der Waals surface area contributed by atoms with Crippen LogP contribution < -0.4 is 0 Å². The molecule has 0 spiro atoms. The van der Waals surface area contributed by atoms with Crippen LogP contribution >= 0.6 is 0 Å². The van der Waals surface area contributed by atoms with Gasteiger partial charge in [-0.2, -0.15) is 5.10 Å². The van der Waals surface area contributed by atoms with Crippen LogP contribution in [0.4, 0.5) is 0 Å². The highest BCUT2D eigenvalue weighted by atomic mass is 16.4. The number of carbonyl (C=O) groups is 1. The summed E-state index contributed by atoms with van der Waals surface area (Å²) in [6.45, 7) is 0. The predicted octanol–water partition coefficient (Wildman–Crippen LogP) is 1.76. The summed E-state index contributed by atoms with van der Waals surface area (Å²) in [6.07, 6.45) is 1.55. The number of carboxylic acid groups (broad SMARTS) is 1. The fourth-order valence-corrected chi connectivity index (χ4v) is 1.95. The van der Waals surface area contributed by atoms with Crippen molar-refractivity contribution in [1.82, 2.24) is 10.2 Å². The quantitative estimate of drug-likeness (QED) is 0.767. The first kappa shape index (κ1) is 11.0. The molecule has 0 amide bonds. The van der Waals surface area contributed by atoms with Gasteiger partial charge in [0.05, 0.1) is 11.3 Å². The molecule has 1 saturated carbocycles. The third-order valence-corrected chi connectivity index (χ3v) is 3.23. The molecule has 1 aromatic carbocycles. The third kappa shape index (κ3) is 1.78. The van der Waals surface area contributed by atoms with E-state index in [9.17, 15) is 9.90 Å². The lowest BCUT2D eigenvalue weighted by atomic mass is 10.0. The molecule has 1 aromatic heterocycles. The molecule has 18 heavy (non-hydrogen) atoms. The van der Waals surface area contributed by atoms with Crippen molar-refractivity contribution in [3.8, 4) is 11.3 Å². The van der Waals surface area contributed by atoms with Gasteiger partial charge in [-0.25, -0.2) is 4.79 Å². The second-order valence-electron chi connectivity index (χ2n) is 4.58. The molecule has 0 bridgehead atoms. The van der Waals surface area contributed by atoms with E-state index in [4.69, 9.17) is 5.11 Å². The van der Waals surface area contributed by atoms with E-state index in [-0.39, 0.29) is 5.69 Å². The van der Waals surface area contributed by atoms with Crippen molar-refractivity contribution in [2.24, 2.45) is 0 Å². The van der Waals surface area contributed by atoms with Crippen LogP contribution in [-0.2, 0) is 5.60 Å². The summed E-state index contributed by atoms with van der Waals surface area (Å²) in [5.41, 5.74) is 1.59. The first-order chi connectivity index (χ1) is 8.58. The topological polar surface area (TPSA) is 86.2 Å². The molecule has 3 rings (SSSR count). The van der Waals surface area contributed by atoms with Crippen molar-refractivity contribution in [2.75, 3.05) is 0 Å². The highest BCUT2D eigenvalue weighted by molar-refractivity contribution is 5.86. The number of H-pyrrole nitrogens is 1. The monoisotopic (exact) mass is 244 g/mol. The van der Waals surface area contributed by atoms with Crippen LogP contribution in [0.15, 0.2) is 30.3 Å². The van der Waals surface area contributed by atoms with Gasteiger partial charge in [0.2, 0.25) is 0 Å². The van der Waals surface area contributed by atoms with E-state index in [0.717, 1.165) is 24.0 Å². The Bertz CT molecular complexity index is 614. The molecule has 0 saturated heterocycles. The summed E-state index contributed by atoms with van der Waals surface area (Å²) >= 11 is 0. The Kier molecular flexibility index (Phi) is 2.24. The normalized spacial score (nSPS) is 16.5. The maximum absolute atomic E-state index is 10.8. The van der Waals surface area contributed by atoms with Gasteiger partial charge in [0, 0.05) is 5.56 Å². The number of aliphatic hydroxyl groups is 1. The van der Waals surface area contributed by atoms with Gasteiger partial charge < -0.3 is 10.2 Å². The van der Waals surface area contributed by atoms with Crippen molar-refractivity contribution in [2.45, 2.75) is 18.4 Å². The lowest BCUT2D eigenvalue weighted by Gasteiger charge is -2.08. The Hall–Kier alpha value is -2.14. The molecule has 5 nitrogen and oxygen atoms in total. The van der Waals surface area contributed by atoms with Crippen molar-refractivity contribution >= 4 is 5.97 Å². The number of benzene rings is 1. The number of aromatic amines is 1. The Morgan fingerprint density at radius 1 is 1.33 bits per heavy atom. The van der Waals surface area contributed by atoms with E-state index in [1.807, 2.05) is 24.3 Å². The molecular formula is C13H12N2O3. The molecule has 2 aromatic rings. The first-order valence-corrected chi connectivity index (χ1v) is 5.70. The van der Waals surface area contributed by atoms with E-state index in [1.165, 1.54) is 6.07 Å². The van der Waals surface area contributed by atoms with Crippen LogP contribution in [-0.4, -0.2) is 26.4 Å². The summed E-state index contributed by atoms with van der Waals surface area (Å²) in [7, 11) is 0. The highest BCUT2D eigenvalue weighted by Gasteiger charge is 2.42. The first-order valence-electron chi connectivity index (χ1n) is 5.70. The van der Waals surface area contributed by atoms with Crippen LogP contribution in [0, 0.1) is 0 Å². The van der Waals surface area contributed by atoms with Gasteiger partial charge in [0.15, 0.2) is 0 Å². The van der Waals surface area contributed by atoms with E-state index >= 15 is 0 Å². The van der Waals surface area contributed by atoms with Gasteiger partial charge in [-0.1, -0.05) is 18.2 Å². The Morgan fingerprint density at radius 2 is 2.11 bits per heavy atom. The summed E-state index contributed by atoms with van der Waals surface area (Å²) in [5, 5.41) is 25.3. The number of nitrogens with one attached hydrogen (secondary N) is 1. The number of aromatic nitrogens is 2. The van der Waals surface area contributed by atoms with Gasteiger partial charge in [0.1, 0.15) is 5.69 Å². The molecule has 1 aliphatic carbocycles. The lowest BCUT2D eigenvalue weighted by molar-refractivity contribution is 0.0690. The zero-order valence-corrected chi connectivity index (χ0v) is 9.55. The number of hydrogen-bond acceptors (Lipinski definition) is 3. The van der Waals surface area contributed by atoms with Crippen molar-refractivity contribution < 1.29 is 15.0 Å². The summed E-state index contributed by atoms with van der Waals surface area (Å²) in [6, 6.07) is 8.90. The smallest absolute Gasteiger partial charge is 0.353 e. The summed E-state index contributed by atoms with van der Waals surface area (Å²) < 4.78 is 0. The Balaban J connectivity index is 1.98. The van der Waals surface area contributed by atoms with Crippen molar-refractivity contribution in [3.63, 3.8) is 0 Å². The Labute approximate surface area is 103 Å². The second kappa shape index (κ2) is 3.68. The SMILES string of the molecule is O=C(O)c1cc(-c2cccc(C3(O)CC3)c2)n[nH]1. The van der Waals surface area contributed by atoms with Crippen molar-refractivity contribution in [1.29, 1.82) is 0 Å². The molecule has 5 heteroatoms. The minimum atomic E-state index is -1.04. The average molecular weight is 244 g/mol. The number of hydrogen-bond donors (Lipinski definition) is 3. The van der Waals surface area contributed by atoms with E-state index in [2.05, 4.69) is 10.2 Å². The van der Waals surface area contributed by atoms with Gasteiger partial charge >= 0.3 is 5.97 Å². The Morgan fingerprint density at radius 3 is 2.72 bits per heavy atom. The molecule has 0 atom stereocenters. The number of carboxylic acids is 1. The maximum atomic E-state index is 10.8. The fourth-order valence-electron chi connectivity index (χ4n) is 1.95. The van der Waals surface area contributed by atoms with Gasteiger partial charge in [-0.3, -0.25) is 5.10 Å². The zero-order chi connectivity index (χ0) is 12.8. The standard InChI is InChI=1S/C13H12N2O3/c16-12(17)11-7-10(14-15-11)8-2-1-3-9(6-8)13(18)4-5-13/h1-3,6-7,18H,4-5H2,(H,14,15)(H,16,17). The minimum absolute atomic E-state index is 0.0561. The number of aromatic carboxylic acids is 1. The molecule has 0 unspecified atom stereocenters. The highest BCUT2D eigenvalue weighted by Crippen LogP contribution is 2.45. The molecule has 1 heterocycles. The predicted molar refractivity (Wildman–Crippen MR) is 64.1 cm³/mol. The lowest BCUT2D eigenvalue weighted by Crippen LogP contribution is -2.03. The van der Waals surface area contributed by atoms with Gasteiger partial charge in [0.25, 0.3) is 0 Å².